The highest BCUT2D eigenvalue weighted by atomic mass is 14.8. The first-order valence-corrected chi connectivity index (χ1v) is 4.21. The first kappa shape index (κ1) is 7.35. The van der Waals surface area contributed by atoms with Crippen LogP contribution in [0, 0.1) is 0 Å². The second kappa shape index (κ2) is 2.63. The van der Waals surface area contributed by atoms with E-state index in [1.54, 1.807) is 0 Å². The summed E-state index contributed by atoms with van der Waals surface area (Å²) in [6, 6.07) is 6.11. The van der Waals surface area contributed by atoms with Gasteiger partial charge in [0.15, 0.2) is 0 Å². The first-order chi connectivity index (χ1) is 5.77. The van der Waals surface area contributed by atoms with E-state index in [0.29, 0.717) is 5.92 Å². The molecule has 64 valence electrons. The maximum absolute atomic E-state index is 4.25. The molecule has 2 rings (SSSR count). The summed E-state index contributed by atoms with van der Waals surface area (Å²) in [4.78, 5) is 7.59. The summed E-state index contributed by atoms with van der Waals surface area (Å²) in [7, 11) is 0. The third-order valence-electron chi connectivity index (χ3n) is 2.03. The van der Waals surface area contributed by atoms with Crippen molar-refractivity contribution in [1.82, 2.24) is 9.97 Å². The van der Waals surface area contributed by atoms with Crippen LogP contribution < -0.4 is 0 Å². The topological polar surface area (TPSA) is 28.7 Å². The molecule has 0 saturated heterocycles. The monoisotopic (exact) mass is 162 g/mol. The number of aromatic amines is 1. The Morgan fingerprint density at radius 3 is 3.00 bits per heavy atom. The van der Waals surface area contributed by atoms with Crippen LogP contribution in [0.25, 0.3) is 11.0 Å². The van der Waals surface area contributed by atoms with Gasteiger partial charge in [-0.15, -0.1) is 0 Å². The predicted octanol–water partition coefficient (Wildman–Crippen LogP) is 2.93. The number of aromatic nitrogens is 2. The van der Waals surface area contributed by atoms with E-state index in [9.17, 15) is 0 Å². The summed E-state index contributed by atoms with van der Waals surface area (Å²) in [6.45, 7) is 4.34. The highest BCUT2D eigenvalue weighted by molar-refractivity contribution is 5.75. The van der Waals surface area contributed by atoms with Crippen molar-refractivity contribution < 1.29 is 1.43 Å². The van der Waals surface area contributed by atoms with Gasteiger partial charge in [0.25, 0.3) is 0 Å². The van der Waals surface area contributed by atoms with Crippen molar-refractivity contribution in [3.8, 4) is 0 Å². The van der Waals surface area contributed by atoms with Gasteiger partial charge in [0.05, 0.1) is 11.0 Å². The minimum atomic E-state index is 0. The Bertz CT molecular complexity index is 359. The van der Waals surface area contributed by atoms with E-state index in [0.717, 1.165) is 11.0 Å². The number of pyridine rings is 1. The number of H-pyrrole nitrogens is 1. The quantitative estimate of drug-likeness (QED) is 0.686. The normalized spacial score (nSPS) is 11.2. The second-order valence-electron chi connectivity index (χ2n) is 3.32. The number of nitrogens with one attached hydrogen (secondary N) is 1. The molecule has 2 nitrogen and oxygen atoms in total. The molecule has 0 bridgehead atoms. The van der Waals surface area contributed by atoms with Gasteiger partial charge >= 0.3 is 0 Å². The molecule has 0 atom stereocenters. The van der Waals surface area contributed by atoms with Crippen LogP contribution in [0.4, 0.5) is 0 Å². The summed E-state index contributed by atoms with van der Waals surface area (Å²) >= 11 is 0. The van der Waals surface area contributed by atoms with Crippen LogP contribution >= 0.6 is 0 Å². The summed E-state index contributed by atoms with van der Waals surface area (Å²) in [5.74, 6) is 0.541. The van der Waals surface area contributed by atoms with E-state index in [4.69, 9.17) is 0 Å². The molecular weight excluding hydrogens is 148 g/mol. The molecule has 0 fully saturated rings. The summed E-state index contributed by atoms with van der Waals surface area (Å²) < 4.78 is 0. The van der Waals surface area contributed by atoms with Gasteiger partial charge < -0.3 is 4.98 Å². The first-order valence-electron chi connectivity index (χ1n) is 4.21. The van der Waals surface area contributed by atoms with Gasteiger partial charge in [-0.25, -0.2) is 0 Å². The number of fused-ring (bicyclic) bond motifs is 1. The summed E-state index contributed by atoms with van der Waals surface area (Å²) in [5, 5.41) is 0. The molecular formula is C10H14N2. The van der Waals surface area contributed by atoms with E-state index in [-0.39, 0.29) is 1.43 Å². The number of hydrogen-bond donors (Lipinski definition) is 1. The summed E-state index contributed by atoms with van der Waals surface area (Å²) in [5.41, 5.74) is 3.44. The van der Waals surface area contributed by atoms with Crippen molar-refractivity contribution in [3.05, 3.63) is 30.1 Å². The SMILES string of the molecule is CC(C)c1cc2ncccc2[nH]1.[HH]. The van der Waals surface area contributed by atoms with Crippen LogP contribution in [0.1, 0.15) is 26.9 Å². The van der Waals surface area contributed by atoms with E-state index in [1.165, 1.54) is 5.69 Å². The molecule has 2 aromatic rings. The van der Waals surface area contributed by atoms with Gasteiger partial charge in [0.2, 0.25) is 0 Å². The second-order valence-corrected chi connectivity index (χ2v) is 3.32. The fourth-order valence-corrected chi connectivity index (χ4v) is 1.29. The molecule has 0 aliphatic carbocycles. The van der Waals surface area contributed by atoms with Gasteiger partial charge in [0, 0.05) is 13.3 Å². The highest BCUT2D eigenvalue weighted by Gasteiger charge is 2.03. The molecule has 0 aliphatic heterocycles. The fourth-order valence-electron chi connectivity index (χ4n) is 1.29. The molecule has 0 amide bonds. The zero-order valence-electron chi connectivity index (χ0n) is 7.33. The fraction of sp³-hybridized carbons (Fsp3) is 0.300. The largest absolute Gasteiger partial charge is 0.357 e. The molecule has 1 N–H and O–H groups in total. The molecule has 0 radical (unpaired) electrons. The number of hydrogen-bond acceptors (Lipinski definition) is 1. The van der Waals surface area contributed by atoms with E-state index in [2.05, 4.69) is 29.9 Å². The molecule has 0 unspecified atom stereocenters. The average molecular weight is 162 g/mol. The minimum absolute atomic E-state index is 0. The average Bonchev–Trinajstić information content (AvgIpc) is 2.46. The Balaban J connectivity index is 0.000000845. The molecule has 2 aromatic heterocycles. The molecule has 2 heteroatoms. The molecule has 12 heavy (non-hydrogen) atoms. The van der Waals surface area contributed by atoms with Crippen LogP contribution in [0.3, 0.4) is 0 Å². The molecule has 0 aromatic carbocycles. The van der Waals surface area contributed by atoms with Gasteiger partial charge in [0.1, 0.15) is 0 Å². The lowest BCUT2D eigenvalue weighted by Crippen LogP contribution is -1.84. The van der Waals surface area contributed by atoms with Crippen LogP contribution in [0.2, 0.25) is 0 Å². The Morgan fingerprint density at radius 2 is 2.33 bits per heavy atom. The lowest BCUT2D eigenvalue weighted by atomic mass is 10.1. The minimum Gasteiger partial charge on any atom is -0.357 e. The molecule has 0 saturated carbocycles. The zero-order valence-corrected chi connectivity index (χ0v) is 7.33. The zero-order chi connectivity index (χ0) is 8.55. The number of nitrogens with zero attached hydrogens (tertiary/aromatic N) is 1. The van der Waals surface area contributed by atoms with Crippen molar-refractivity contribution >= 4 is 11.0 Å². The Hall–Kier alpha value is -1.31. The van der Waals surface area contributed by atoms with Gasteiger partial charge in [-0.1, -0.05) is 13.8 Å². The van der Waals surface area contributed by atoms with Gasteiger partial charge in [-0.3, -0.25) is 4.98 Å². The maximum atomic E-state index is 4.25. The predicted molar refractivity (Wildman–Crippen MR) is 52.3 cm³/mol. The van der Waals surface area contributed by atoms with Crippen molar-refractivity contribution in [2.45, 2.75) is 19.8 Å². The molecule has 0 aliphatic rings. The van der Waals surface area contributed by atoms with Crippen molar-refractivity contribution in [2.75, 3.05) is 0 Å². The van der Waals surface area contributed by atoms with Crippen molar-refractivity contribution in [2.24, 2.45) is 0 Å². The lowest BCUT2D eigenvalue weighted by molar-refractivity contribution is 0.836. The molecule has 0 spiro atoms. The van der Waals surface area contributed by atoms with Crippen LogP contribution in [0.5, 0.6) is 0 Å². The summed E-state index contributed by atoms with van der Waals surface area (Å²) in [6.07, 6.45) is 1.82. The third kappa shape index (κ3) is 1.09. The van der Waals surface area contributed by atoms with E-state index >= 15 is 0 Å². The van der Waals surface area contributed by atoms with E-state index in [1.807, 2.05) is 18.3 Å². The smallest absolute Gasteiger partial charge is 0.0881 e. The third-order valence-corrected chi connectivity index (χ3v) is 2.03. The van der Waals surface area contributed by atoms with Crippen LogP contribution in [0.15, 0.2) is 24.4 Å². The van der Waals surface area contributed by atoms with Gasteiger partial charge in [-0.2, -0.15) is 0 Å². The lowest BCUT2D eigenvalue weighted by Gasteiger charge is -1.97. The van der Waals surface area contributed by atoms with Crippen LogP contribution in [-0.2, 0) is 0 Å². The highest BCUT2D eigenvalue weighted by Crippen LogP contribution is 2.18. The van der Waals surface area contributed by atoms with Gasteiger partial charge in [-0.05, 0) is 24.1 Å². The maximum Gasteiger partial charge on any atom is 0.0881 e. The Labute approximate surface area is 73.1 Å². The Morgan fingerprint density at radius 1 is 1.50 bits per heavy atom. The van der Waals surface area contributed by atoms with Crippen molar-refractivity contribution in [1.29, 1.82) is 0 Å². The Kier molecular flexibility index (Phi) is 1.61. The van der Waals surface area contributed by atoms with E-state index < -0.39 is 0 Å². The van der Waals surface area contributed by atoms with Crippen molar-refractivity contribution in [3.63, 3.8) is 0 Å². The standard InChI is InChI=1S/C10H12N2.H2/c1-7(2)9-6-10-8(12-9)4-3-5-11-10;/h3-7,12H,1-2H3;1H. The van der Waals surface area contributed by atoms with Crippen LogP contribution in [-0.4, -0.2) is 9.97 Å². The number of rotatable bonds is 1. The molecule has 2 heterocycles.